The van der Waals surface area contributed by atoms with Crippen LogP contribution in [-0.2, 0) is 19.1 Å². The predicted octanol–water partition coefficient (Wildman–Crippen LogP) is 6.12. The first-order valence-corrected chi connectivity index (χ1v) is 14.5. The quantitative estimate of drug-likeness (QED) is 0.0820. The van der Waals surface area contributed by atoms with Gasteiger partial charge in [0.15, 0.2) is 0 Å². The minimum Gasteiger partial charge on any atom is -0.377 e. The van der Waals surface area contributed by atoms with Crippen molar-refractivity contribution in [2.24, 2.45) is 0 Å². The molecule has 0 saturated carbocycles. The monoisotopic (exact) mass is 578 g/mol. The van der Waals surface area contributed by atoms with E-state index in [-0.39, 0.29) is 11.8 Å². The van der Waals surface area contributed by atoms with E-state index in [0.717, 1.165) is 44.9 Å². The predicted molar refractivity (Wildman–Crippen MR) is 159 cm³/mol. The van der Waals surface area contributed by atoms with Gasteiger partial charge in [0.1, 0.15) is 0 Å². The van der Waals surface area contributed by atoms with Crippen molar-refractivity contribution in [2.45, 2.75) is 58.3 Å². The number of amides is 2. The minimum absolute atomic E-state index is 0.0295. The van der Waals surface area contributed by atoms with Crippen molar-refractivity contribution in [3.05, 3.63) is 72.9 Å². The minimum atomic E-state index is -0.0589. The Morgan fingerprint density at radius 3 is 1.43 bits per heavy atom. The van der Waals surface area contributed by atoms with E-state index in [1.54, 1.807) is 0 Å². The average molecular weight is 580 g/mol. The number of ether oxygens (including phenoxy) is 2. The molecule has 2 amide bonds. The summed E-state index contributed by atoms with van der Waals surface area (Å²) < 4.78 is 10.7. The van der Waals surface area contributed by atoms with Crippen molar-refractivity contribution in [3.63, 3.8) is 0 Å². The third-order valence-electron chi connectivity index (χ3n) is 4.77. The lowest BCUT2D eigenvalue weighted by molar-refractivity contribution is -0.121. The van der Waals surface area contributed by atoms with Gasteiger partial charge in [-0.05, 0) is 44.9 Å². The molecule has 7 heteroatoms. The molecule has 0 aliphatic carbocycles. The molecule has 0 heterocycles. The molecular formula is C30H47BrN2O4. The number of carbonyl (C=O) groups is 2. The van der Waals surface area contributed by atoms with Gasteiger partial charge in [0.25, 0.3) is 0 Å². The Kier molecular flexibility index (Phi) is 28.2. The number of rotatable bonds is 24. The number of halogens is 1. The molecule has 0 rings (SSSR count). The molecule has 0 fully saturated rings. The maximum atomic E-state index is 11.8. The summed E-state index contributed by atoms with van der Waals surface area (Å²) in [6, 6.07) is 0. The first kappa shape index (κ1) is 34.8. The SMILES string of the molecule is CCC=CCC=CCC=CCC=CCC=CCC=CCCC(=O)NCCOCCOCCNC(=O)CBr. The van der Waals surface area contributed by atoms with E-state index in [2.05, 4.69) is 100 Å². The van der Waals surface area contributed by atoms with Gasteiger partial charge < -0.3 is 20.1 Å². The first-order chi connectivity index (χ1) is 18.2. The molecule has 0 aliphatic heterocycles. The van der Waals surface area contributed by atoms with Crippen LogP contribution in [0.3, 0.4) is 0 Å². The van der Waals surface area contributed by atoms with Crippen LogP contribution in [0.15, 0.2) is 72.9 Å². The summed E-state index contributed by atoms with van der Waals surface area (Å²) in [6.45, 7) is 4.95. The lowest BCUT2D eigenvalue weighted by atomic mass is 10.2. The van der Waals surface area contributed by atoms with E-state index in [9.17, 15) is 9.59 Å². The summed E-state index contributed by atoms with van der Waals surface area (Å²) in [7, 11) is 0. The average Bonchev–Trinajstić information content (AvgIpc) is 2.90. The van der Waals surface area contributed by atoms with Crippen LogP contribution in [0.2, 0.25) is 0 Å². The molecule has 0 aromatic heterocycles. The summed E-state index contributed by atoms with van der Waals surface area (Å²) in [6.07, 6.45) is 33.2. The van der Waals surface area contributed by atoms with E-state index in [0.29, 0.717) is 51.3 Å². The van der Waals surface area contributed by atoms with Crippen LogP contribution in [0.4, 0.5) is 0 Å². The van der Waals surface area contributed by atoms with Crippen molar-refractivity contribution < 1.29 is 19.1 Å². The number of alkyl halides is 1. The van der Waals surface area contributed by atoms with Gasteiger partial charge in [0, 0.05) is 19.5 Å². The summed E-state index contributed by atoms with van der Waals surface area (Å²) in [5.74, 6) is -0.0293. The van der Waals surface area contributed by atoms with Gasteiger partial charge in [-0.15, -0.1) is 0 Å². The molecule has 2 N–H and O–H groups in total. The van der Waals surface area contributed by atoms with Crippen molar-refractivity contribution >= 4 is 27.7 Å². The van der Waals surface area contributed by atoms with Gasteiger partial charge in [-0.25, -0.2) is 0 Å². The van der Waals surface area contributed by atoms with Gasteiger partial charge >= 0.3 is 0 Å². The topological polar surface area (TPSA) is 76.7 Å². The molecule has 0 aromatic rings. The highest BCUT2D eigenvalue weighted by atomic mass is 79.9. The van der Waals surface area contributed by atoms with E-state index in [1.807, 2.05) is 6.08 Å². The second-order valence-electron chi connectivity index (χ2n) is 8.01. The third-order valence-corrected chi connectivity index (χ3v) is 5.27. The first-order valence-electron chi connectivity index (χ1n) is 13.4. The second-order valence-corrected chi connectivity index (χ2v) is 8.57. The maximum Gasteiger partial charge on any atom is 0.230 e. The molecule has 0 atom stereocenters. The van der Waals surface area contributed by atoms with E-state index < -0.39 is 0 Å². The third kappa shape index (κ3) is 29.9. The fraction of sp³-hybridized carbons (Fsp3) is 0.533. The van der Waals surface area contributed by atoms with Crippen molar-refractivity contribution in [1.82, 2.24) is 10.6 Å². The largest absolute Gasteiger partial charge is 0.377 e. The Balaban J connectivity index is 3.49. The summed E-state index contributed by atoms with van der Waals surface area (Å²) >= 11 is 3.08. The van der Waals surface area contributed by atoms with Crippen molar-refractivity contribution in [3.8, 4) is 0 Å². The smallest absolute Gasteiger partial charge is 0.230 e. The Hall–Kier alpha value is -2.22. The Morgan fingerprint density at radius 1 is 0.595 bits per heavy atom. The lowest BCUT2D eigenvalue weighted by Crippen LogP contribution is -2.28. The molecule has 0 saturated heterocycles. The normalized spacial score (nSPS) is 12.4. The van der Waals surface area contributed by atoms with Crippen molar-refractivity contribution in [1.29, 1.82) is 0 Å². The molecule has 0 aliphatic rings. The highest BCUT2D eigenvalue weighted by Crippen LogP contribution is 1.98. The van der Waals surface area contributed by atoms with E-state index >= 15 is 0 Å². The maximum absolute atomic E-state index is 11.8. The fourth-order valence-corrected chi connectivity index (χ4v) is 3.04. The standard InChI is InChI=1S/C30H47BrN2O4/c1-2-3-4-5-6-7-8-9-10-11-12-13-14-15-16-17-18-19-20-21-29(34)32-22-24-36-26-27-37-25-23-33-30(35)28-31/h3-4,6-7,9-10,12-13,15-16,18-19H,2,5,8,11,14,17,20-28H2,1H3,(H,32,34)(H,33,35). The molecule has 0 bridgehead atoms. The molecule has 208 valence electrons. The molecule has 0 radical (unpaired) electrons. The zero-order chi connectivity index (χ0) is 27.1. The Labute approximate surface area is 233 Å². The van der Waals surface area contributed by atoms with Gasteiger partial charge in [-0.1, -0.05) is 95.8 Å². The van der Waals surface area contributed by atoms with Crippen LogP contribution in [0.5, 0.6) is 0 Å². The number of hydrogen-bond acceptors (Lipinski definition) is 4. The molecule has 37 heavy (non-hydrogen) atoms. The summed E-state index contributed by atoms with van der Waals surface area (Å²) in [4.78, 5) is 22.8. The zero-order valence-electron chi connectivity index (χ0n) is 22.5. The van der Waals surface area contributed by atoms with Crippen LogP contribution < -0.4 is 10.6 Å². The van der Waals surface area contributed by atoms with Crippen molar-refractivity contribution in [2.75, 3.05) is 44.8 Å². The fourth-order valence-electron chi connectivity index (χ4n) is 2.84. The number of hydrogen-bond donors (Lipinski definition) is 2. The van der Waals surface area contributed by atoms with E-state index in [1.165, 1.54) is 0 Å². The van der Waals surface area contributed by atoms with Crippen LogP contribution in [0.1, 0.15) is 58.3 Å². The van der Waals surface area contributed by atoms with Crippen LogP contribution >= 0.6 is 15.9 Å². The second kappa shape index (κ2) is 30.0. The summed E-state index contributed by atoms with van der Waals surface area (Å²) in [5, 5.41) is 5.84. The molecule has 6 nitrogen and oxygen atoms in total. The molecule has 0 aromatic carbocycles. The van der Waals surface area contributed by atoms with Crippen LogP contribution in [-0.4, -0.2) is 56.7 Å². The highest BCUT2D eigenvalue weighted by molar-refractivity contribution is 9.09. The Bertz CT molecular complexity index is 727. The molecule has 0 spiro atoms. The Morgan fingerprint density at radius 2 is 1.00 bits per heavy atom. The number of nitrogens with one attached hydrogen (secondary N) is 2. The number of allylic oxidation sites excluding steroid dienone is 12. The van der Waals surface area contributed by atoms with E-state index in [4.69, 9.17) is 9.47 Å². The van der Waals surface area contributed by atoms with Gasteiger partial charge in [0.05, 0.1) is 31.8 Å². The summed E-state index contributed by atoms with van der Waals surface area (Å²) in [5.41, 5.74) is 0. The van der Waals surface area contributed by atoms with Gasteiger partial charge in [-0.3, -0.25) is 9.59 Å². The molecular weight excluding hydrogens is 532 g/mol. The van der Waals surface area contributed by atoms with Crippen LogP contribution in [0, 0.1) is 0 Å². The highest BCUT2D eigenvalue weighted by Gasteiger charge is 1.99. The molecule has 0 unspecified atom stereocenters. The van der Waals surface area contributed by atoms with Gasteiger partial charge in [0.2, 0.25) is 11.8 Å². The van der Waals surface area contributed by atoms with Gasteiger partial charge in [-0.2, -0.15) is 0 Å². The number of carbonyl (C=O) groups excluding carboxylic acids is 2. The zero-order valence-corrected chi connectivity index (χ0v) is 24.1. The lowest BCUT2D eigenvalue weighted by Gasteiger charge is -2.07. The van der Waals surface area contributed by atoms with Crippen LogP contribution in [0.25, 0.3) is 0 Å².